The van der Waals surface area contributed by atoms with Crippen molar-refractivity contribution >= 4 is 17.5 Å². The molecule has 1 aliphatic carbocycles. The second kappa shape index (κ2) is 6.86. The standard InChI is InChI=1S/C18H23N5O/c1-12-7-10-15(17(20-12)23(2)3)21-18(24)22-16(13-8-9-13)14-6-4-5-11-19-14/h4-7,10-11,13,16H,8-9H2,1-3H3,(H2,21,22,24). The molecule has 0 aliphatic heterocycles. The van der Waals surface area contributed by atoms with Crippen LogP contribution in [-0.2, 0) is 0 Å². The Morgan fingerprint density at radius 2 is 2.04 bits per heavy atom. The quantitative estimate of drug-likeness (QED) is 0.886. The Labute approximate surface area is 142 Å². The average molecular weight is 325 g/mol. The molecule has 0 radical (unpaired) electrons. The Hall–Kier alpha value is -2.63. The molecule has 6 heteroatoms. The predicted octanol–water partition coefficient (Wildman–Crippen LogP) is 3.12. The number of carbonyl (C=O) groups is 1. The van der Waals surface area contributed by atoms with Crippen LogP contribution < -0.4 is 15.5 Å². The number of urea groups is 1. The molecule has 6 nitrogen and oxygen atoms in total. The van der Waals surface area contributed by atoms with Gasteiger partial charge in [0.05, 0.1) is 17.4 Å². The maximum Gasteiger partial charge on any atom is 0.319 e. The lowest BCUT2D eigenvalue weighted by Crippen LogP contribution is -2.34. The van der Waals surface area contributed by atoms with Crippen LogP contribution in [0.5, 0.6) is 0 Å². The van der Waals surface area contributed by atoms with Crippen LogP contribution >= 0.6 is 0 Å². The molecule has 0 bridgehead atoms. The Morgan fingerprint density at radius 3 is 2.67 bits per heavy atom. The molecule has 24 heavy (non-hydrogen) atoms. The van der Waals surface area contributed by atoms with Crippen molar-refractivity contribution in [3.63, 3.8) is 0 Å². The highest BCUT2D eigenvalue weighted by Crippen LogP contribution is 2.40. The van der Waals surface area contributed by atoms with Gasteiger partial charge in [-0.3, -0.25) is 4.98 Å². The number of hydrogen-bond donors (Lipinski definition) is 2. The molecular formula is C18H23N5O. The van der Waals surface area contributed by atoms with Crippen molar-refractivity contribution in [3.05, 3.63) is 47.9 Å². The summed E-state index contributed by atoms with van der Waals surface area (Å²) in [4.78, 5) is 23.3. The zero-order chi connectivity index (χ0) is 17.1. The maximum absolute atomic E-state index is 12.5. The van der Waals surface area contributed by atoms with E-state index in [1.54, 1.807) is 6.20 Å². The third kappa shape index (κ3) is 3.82. The lowest BCUT2D eigenvalue weighted by Gasteiger charge is -2.20. The summed E-state index contributed by atoms with van der Waals surface area (Å²) >= 11 is 0. The summed E-state index contributed by atoms with van der Waals surface area (Å²) in [6.07, 6.45) is 4.01. The van der Waals surface area contributed by atoms with Gasteiger partial charge in [-0.15, -0.1) is 0 Å². The fraction of sp³-hybridized carbons (Fsp3) is 0.389. The zero-order valence-electron chi connectivity index (χ0n) is 14.3. The minimum absolute atomic E-state index is 0.0487. The molecular weight excluding hydrogens is 302 g/mol. The van der Waals surface area contributed by atoms with Gasteiger partial charge >= 0.3 is 6.03 Å². The van der Waals surface area contributed by atoms with Gasteiger partial charge in [0.1, 0.15) is 0 Å². The summed E-state index contributed by atoms with van der Waals surface area (Å²) in [5.41, 5.74) is 2.51. The number of nitrogens with zero attached hydrogens (tertiary/aromatic N) is 3. The third-order valence-corrected chi connectivity index (χ3v) is 4.07. The van der Waals surface area contributed by atoms with E-state index < -0.39 is 0 Å². The van der Waals surface area contributed by atoms with E-state index in [0.717, 1.165) is 30.0 Å². The molecule has 0 aromatic carbocycles. The second-order valence-electron chi connectivity index (χ2n) is 6.39. The number of carbonyl (C=O) groups excluding carboxylic acids is 1. The third-order valence-electron chi connectivity index (χ3n) is 4.07. The first-order valence-corrected chi connectivity index (χ1v) is 8.18. The first-order valence-electron chi connectivity index (χ1n) is 8.18. The van der Waals surface area contributed by atoms with E-state index in [4.69, 9.17) is 0 Å². The first kappa shape index (κ1) is 16.2. The molecule has 1 aliphatic rings. The lowest BCUT2D eigenvalue weighted by atomic mass is 10.1. The van der Waals surface area contributed by atoms with Crippen molar-refractivity contribution in [2.45, 2.75) is 25.8 Å². The van der Waals surface area contributed by atoms with Gasteiger partial charge in [-0.1, -0.05) is 6.07 Å². The van der Waals surface area contributed by atoms with Crippen LogP contribution in [0.3, 0.4) is 0 Å². The molecule has 2 N–H and O–H groups in total. The fourth-order valence-corrected chi connectivity index (χ4v) is 2.70. The summed E-state index contributed by atoms with van der Waals surface area (Å²) in [5.74, 6) is 1.21. The topological polar surface area (TPSA) is 70.2 Å². The maximum atomic E-state index is 12.5. The Kier molecular flexibility index (Phi) is 4.64. The highest BCUT2D eigenvalue weighted by molar-refractivity contribution is 5.92. The van der Waals surface area contributed by atoms with E-state index in [2.05, 4.69) is 20.6 Å². The summed E-state index contributed by atoms with van der Waals surface area (Å²) in [7, 11) is 3.82. The van der Waals surface area contributed by atoms with Gasteiger partial charge in [0, 0.05) is 26.0 Å². The number of anilines is 2. The average Bonchev–Trinajstić information content (AvgIpc) is 3.40. The van der Waals surface area contributed by atoms with Gasteiger partial charge in [-0.2, -0.15) is 0 Å². The molecule has 1 unspecified atom stereocenters. The van der Waals surface area contributed by atoms with Crippen molar-refractivity contribution in [1.29, 1.82) is 0 Å². The van der Waals surface area contributed by atoms with Gasteiger partial charge in [-0.25, -0.2) is 9.78 Å². The summed E-state index contributed by atoms with van der Waals surface area (Å²) in [6, 6.07) is 9.28. The summed E-state index contributed by atoms with van der Waals surface area (Å²) in [6.45, 7) is 1.93. The number of rotatable bonds is 5. The normalized spacial score (nSPS) is 14.8. The van der Waals surface area contributed by atoms with Crippen molar-refractivity contribution in [1.82, 2.24) is 15.3 Å². The van der Waals surface area contributed by atoms with Crippen LogP contribution in [0.4, 0.5) is 16.3 Å². The minimum Gasteiger partial charge on any atom is -0.361 e. The monoisotopic (exact) mass is 325 g/mol. The SMILES string of the molecule is Cc1ccc(NC(=O)NC(c2ccccn2)C2CC2)c(N(C)C)n1. The van der Waals surface area contributed by atoms with Crippen molar-refractivity contribution in [2.75, 3.05) is 24.3 Å². The molecule has 2 heterocycles. The highest BCUT2D eigenvalue weighted by Gasteiger charge is 2.34. The predicted molar refractivity (Wildman–Crippen MR) is 95.2 cm³/mol. The van der Waals surface area contributed by atoms with Crippen LogP contribution in [0.15, 0.2) is 36.5 Å². The number of amides is 2. The molecule has 1 fully saturated rings. The summed E-state index contributed by atoms with van der Waals surface area (Å²) < 4.78 is 0. The smallest absolute Gasteiger partial charge is 0.319 e. The zero-order valence-corrected chi connectivity index (χ0v) is 14.3. The molecule has 1 atom stereocenters. The molecule has 2 aromatic heterocycles. The van der Waals surface area contributed by atoms with Crippen LogP contribution in [0.2, 0.25) is 0 Å². The van der Waals surface area contributed by atoms with Crippen molar-refractivity contribution in [3.8, 4) is 0 Å². The number of pyridine rings is 2. The molecule has 0 spiro atoms. The van der Waals surface area contributed by atoms with Crippen LogP contribution in [-0.4, -0.2) is 30.1 Å². The molecule has 2 aromatic rings. The second-order valence-corrected chi connectivity index (χ2v) is 6.39. The highest BCUT2D eigenvalue weighted by atomic mass is 16.2. The van der Waals surface area contributed by atoms with E-state index in [1.807, 2.05) is 56.3 Å². The van der Waals surface area contributed by atoms with Gasteiger partial charge in [-0.05, 0) is 49.9 Å². The van der Waals surface area contributed by atoms with Crippen LogP contribution in [0.1, 0.15) is 30.3 Å². The number of aryl methyl sites for hydroxylation is 1. The Morgan fingerprint density at radius 1 is 1.25 bits per heavy atom. The van der Waals surface area contributed by atoms with Crippen molar-refractivity contribution < 1.29 is 4.79 Å². The van der Waals surface area contributed by atoms with Gasteiger partial charge < -0.3 is 15.5 Å². The minimum atomic E-state index is -0.230. The molecule has 1 saturated carbocycles. The fourth-order valence-electron chi connectivity index (χ4n) is 2.70. The number of nitrogens with one attached hydrogen (secondary N) is 2. The molecule has 2 amide bonds. The van der Waals surface area contributed by atoms with E-state index >= 15 is 0 Å². The molecule has 3 rings (SSSR count). The van der Waals surface area contributed by atoms with Crippen LogP contribution in [0, 0.1) is 12.8 Å². The van der Waals surface area contributed by atoms with E-state index in [9.17, 15) is 4.79 Å². The van der Waals surface area contributed by atoms with Gasteiger partial charge in [0.25, 0.3) is 0 Å². The van der Waals surface area contributed by atoms with Gasteiger partial charge in [0.15, 0.2) is 5.82 Å². The number of hydrogen-bond acceptors (Lipinski definition) is 4. The van der Waals surface area contributed by atoms with Crippen LogP contribution in [0.25, 0.3) is 0 Å². The van der Waals surface area contributed by atoms with E-state index in [1.165, 1.54) is 0 Å². The Balaban J connectivity index is 1.73. The first-order chi connectivity index (χ1) is 11.5. The molecule has 0 saturated heterocycles. The van der Waals surface area contributed by atoms with E-state index in [-0.39, 0.29) is 12.1 Å². The molecule has 126 valence electrons. The summed E-state index contributed by atoms with van der Waals surface area (Å²) in [5, 5.41) is 5.99. The van der Waals surface area contributed by atoms with Gasteiger partial charge in [0.2, 0.25) is 0 Å². The number of aromatic nitrogens is 2. The largest absolute Gasteiger partial charge is 0.361 e. The van der Waals surface area contributed by atoms with E-state index in [0.29, 0.717) is 11.6 Å². The van der Waals surface area contributed by atoms with Crippen molar-refractivity contribution in [2.24, 2.45) is 5.92 Å². The lowest BCUT2D eigenvalue weighted by molar-refractivity contribution is 0.246. The Bertz CT molecular complexity index is 713.